The van der Waals surface area contributed by atoms with Crippen LogP contribution in [-0.2, 0) is 11.0 Å². The Morgan fingerprint density at radius 1 is 1.06 bits per heavy atom. The lowest BCUT2D eigenvalue weighted by molar-refractivity contribution is -0.137. The number of halogens is 3. The summed E-state index contributed by atoms with van der Waals surface area (Å²) in [5.74, 6) is 0.998. The number of thioether (sulfide) groups is 1. The third-order valence-electron chi connectivity index (χ3n) is 3.80. The average Bonchev–Trinajstić information content (AvgIpc) is 2.76. The molecule has 0 bridgehead atoms. The zero-order valence-electron chi connectivity index (χ0n) is 23.0. The predicted octanol–water partition coefficient (Wildman–Crippen LogP) is 8.55. The molecule has 0 unspecified atom stereocenters. The van der Waals surface area contributed by atoms with Crippen LogP contribution in [0.3, 0.4) is 0 Å². The molecule has 0 fully saturated rings. The number of hydrogen-bond acceptors (Lipinski definition) is 5. The van der Waals surface area contributed by atoms with Gasteiger partial charge in [-0.25, -0.2) is 0 Å². The molecule has 5 nitrogen and oxygen atoms in total. The van der Waals surface area contributed by atoms with Crippen molar-refractivity contribution in [3.8, 4) is 5.75 Å². The second-order valence-electron chi connectivity index (χ2n) is 7.98. The van der Waals surface area contributed by atoms with Gasteiger partial charge in [0, 0.05) is 22.9 Å². The minimum absolute atomic E-state index is 0.243. The van der Waals surface area contributed by atoms with E-state index >= 15 is 0 Å². The van der Waals surface area contributed by atoms with Crippen molar-refractivity contribution in [1.82, 2.24) is 0 Å². The summed E-state index contributed by atoms with van der Waals surface area (Å²) in [6.07, 6.45) is -4.05. The van der Waals surface area contributed by atoms with Gasteiger partial charge in [0.1, 0.15) is 5.75 Å². The first kappa shape index (κ1) is 35.5. The van der Waals surface area contributed by atoms with E-state index in [4.69, 9.17) is 14.6 Å². The molecule has 0 spiro atoms. The number of anilines is 1. The molecule has 0 amide bonds. The number of benzene rings is 2. The van der Waals surface area contributed by atoms with E-state index in [1.165, 1.54) is 27.6 Å². The third-order valence-corrected chi connectivity index (χ3v) is 4.80. The molecule has 2 aromatic rings. The molecule has 0 aliphatic rings. The molecular weight excluding hydrogens is 489 g/mol. The highest BCUT2D eigenvalue weighted by molar-refractivity contribution is 7.99. The lowest BCUT2D eigenvalue weighted by Gasteiger charge is -2.14. The fourth-order valence-corrected chi connectivity index (χ4v) is 3.51. The van der Waals surface area contributed by atoms with E-state index < -0.39 is 11.7 Å². The van der Waals surface area contributed by atoms with Gasteiger partial charge in [0.2, 0.25) is 0 Å². The first-order valence-corrected chi connectivity index (χ1v) is 12.5. The Morgan fingerprint density at radius 2 is 1.56 bits per heavy atom. The van der Waals surface area contributed by atoms with Crippen molar-refractivity contribution in [3.63, 3.8) is 0 Å². The average molecular weight is 531 g/mol. The fourth-order valence-electron chi connectivity index (χ4n) is 2.58. The third kappa shape index (κ3) is 16.1. The van der Waals surface area contributed by atoms with Crippen molar-refractivity contribution in [2.75, 3.05) is 12.1 Å². The Morgan fingerprint density at radius 3 is 1.92 bits per heavy atom. The molecule has 0 heterocycles. The predicted molar refractivity (Wildman–Crippen MR) is 147 cm³/mol. The quantitative estimate of drug-likeness (QED) is 0.175. The molecule has 2 rings (SSSR count). The first-order chi connectivity index (χ1) is 16.7. The van der Waals surface area contributed by atoms with Crippen LogP contribution < -0.4 is 9.75 Å². The van der Waals surface area contributed by atoms with Gasteiger partial charge < -0.3 is 9.84 Å². The topological polar surface area (TPSA) is 62.1 Å². The molecule has 0 aromatic heterocycles. The molecule has 0 saturated heterocycles. The van der Waals surface area contributed by atoms with E-state index in [1.807, 2.05) is 39.5 Å². The Kier molecular flexibility index (Phi) is 18.3. The van der Waals surface area contributed by atoms with Crippen molar-refractivity contribution in [2.45, 2.75) is 84.7 Å². The highest BCUT2D eigenvalue weighted by Crippen LogP contribution is 2.30. The van der Waals surface area contributed by atoms with E-state index in [1.54, 1.807) is 7.05 Å². The molecule has 0 saturated carbocycles. The standard InChI is InChI=1S/C13H20OS.C11H13F3N2.C2H6.CH2O2/c1-9(2)14-13-7-6-12(8-11(13)5)15-10(3)4;1-8(2)15-16(3)10-6-4-9(5-7-10)11(12,13)14;1-2;2-1-3/h6-10H,1-5H3;4-7H,1-3H3;1-2H3;1H,(H,2,3). The van der Waals surface area contributed by atoms with Gasteiger partial charge in [0.25, 0.3) is 6.47 Å². The van der Waals surface area contributed by atoms with Crippen molar-refractivity contribution < 1.29 is 27.8 Å². The van der Waals surface area contributed by atoms with Crippen molar-refractivity contribution in [3.05, 3.63) is 53.6 Å². The van der Waals surface area contributed by atoms with E-state index in [0.717, 1.165) is 23.6 Å². The van der Waals surface area contributed by atoms with Crippen molar-refractivity contribution in [2.24, 2.45) is 5.10 Å². The zero-order chi connectivity index (χ0) is 28.5. The smallest absolute Gasteiger partial charge is 0.416 e. The highest BCUT2D eigenvalue weighted by atomic mass is 32.2. The van der Waals surface area contributed by atoms with E-state index in [-0.39, 0.29) is 12.6 Å². The van der Waals surface area contributed by atoms with Crippen LogP contribution in [0.4, 0.5) is 18.9 Å². The van der Waals surface area contributed by atoms with Gasteiger partial charge in [-0.2, -0.15) is 18.3 Å². The number of ether oxygens (including phenoxy) is 1. The molecule has 0 aliphatic heterocycles. The normalized spacial score (nSPS) is 10.1. The van der Waals surface area contributed by atoms with Gasteiger partial charge in [-0.05, 0) is 82.6 Å². The summed E-state index contributed by atoms with van der Waals surface area (Å²) in [6, 6.07) is 11.3. The van der Waals surface area contributed by atoms with E-state index in [0.29, 0.717) is 10.9 Å². The Bertz CT molecular complexity index is 896. The second kappa shape index (κ2) is 18.6. The second-order valence-corrected chi connectivity index (χ2v) is 9.63. The number of rotatable bonds is 6. The van der Waals surface area contributed by atoms with Gasteiger partial charge in [-0.3, -0.25) is 9.80 Å². The molecule has 204 valence electrons. The van der Waals surface area contributed by atoms with Crippen LogP contribution in [0.25, 0.3) is 0 Å². The van der Waals surface area contributed by atoms with E-state index in [2.05, 4.69) is 57.9 Å². The summed E-state index contributed by atoms with van der Waals surface area (Å²) in [7, 11) is 1.69. The number of hydrogen-bond donors (Lipinski definition) is 1. The number of carboxylic acid groups (broad SMARTS) is 1. The number of hydrazone groups is 1. The molecule has 0 aliphatic carbocycles. The summed E-state index contributed by atoms with van der Waals surface area (Å²) in [5, 5.41) is 13.2. The maximum atomic E-state index is 12.3. The van der Waals surface area contributed by atoms with Gasteiger partial charge in [0.15, 0.2) is 0 Å². The monoisotopic (exact) mass is 530 g/mol. The largest absolute Gasteiger partial charge is 0.491 e. The number of alkyl halides is 3. The first-order valence-electron chi connectivity index (χ1n) is 11.7. The van der Waals surface area contributed by atoms with E-state index in [9.17, 15) is 13.2 Å². The van der Waals surface area contributed by atoms with Crippen LogP contribution in [0.2, 0.25) is 0 Å². The summed E-state index contributed by atoms with van der Waals surface area (Å²) in [5.41, 5.74) is 2.02. The van der Waals surface area contributed by atoms with Crippen LogP contribution in [-0.4, -0.2) is 35.7 Å². The Hall–Kier alpha value is -2.68. The molecule has 9 heteroatoms. The molecule has 0 radical (unpaired) electrons. The summed E-state index contributed by atoms with van der Waals surface area (Å²) in [4.78, 5) is 9.68. The van der Waals surface area contributed by atoms with Gasteiger partial charge >= 0.3 is 6.18 Å². The fraction of sp³-hybridized carbons (Fsp3) is 0.481. The van der Waals surface area contributed by atoms with Crippen LogP contribution in [0.15, 0.2) is 52.5 Å². The molecule has 2 aromatic carbocycles. The number of carbonyl (C=O) groups is 1. The zero-order valence-corrected chi connectivity index (χ0v) is 23.8. The maximum Gasteiger partial charge on any atom is 0.416 e. The minimum Gasteiger partial charge on any atom is -0.491 e. The number of aryl methyl sites for hydroxylation is 1. The summed E-state index contributed by atoms with van der Waals surface area (Å²) < 4.78 is 42.6. The summed E-state index contributed by atoms with van der Waals surface area (Å²) >= 11 is 1.88. The van der Waals surface area contributed by atoms with Crippen LogP contribution in [0.1, 0.15) is 66.5 Å². The Balaban J connectivity index is 0. The summed E-state index contributed by atoms with van der Waals surface area (Å²) in [6.45, 7) is 18.0. The molecular formula is C27H41F3N2O3S. The highest BCUT2D eigenvalue weighted by Gasteiger charge is 2.30. The molecule has 1 N–H and O–H groups in total. The van der Waals surface area contributed by atoms with Crippen molar-refractivity contribution in [1.29, 1.82) is 0 Å². The lowest BCUT2D eigenvalue weighted by Crippen LogP contribution is -2.11. The van der Waals surface area contributed by atoms with Gasteiger partial charge in [-0.1, -0.05) is 27.7 Å². The Labute approximate surface area is 218 Å². The molecule has 36 heavy (non-hydrogen) atoms. The van der Waals surface area contributed by atoms with Gasteiger partial charge in [-0.15, -0.1) is 11.8 Å². The minimum atomic E-state index is -4.29. The van der Waals surface area contributed by atoms with Crippen LogP contribution >= 0.6 is 11.8 Å². The number of nitrogens with zero attached hydrogens (tertiary/aromatic N) is 2. The van der Waals surface area contributed by atoms with Crippen molar-refractivity contribution >= 4 is 29.6 Å². The SMILES string of the molecule is CC.CC(C)=NN(C)c1ccc(C(F)(F)F)cc1.Cc1cc(SC(C)C)ccc1OC(C)C.O=CO. The lowest BCUT2D eigenvalue weighted by atomic mass is 10.2. The maximum absolute atomic E-state index is 12.3. The molecule has 0 atom stereocenters. The van der Waals surface area contributed by atoms with Gasteiger partial charge in [0.05, 0.1) is 17.4 Å². The van der Waals surface area contributed by atoms with Crippen LogP contribution in [0.5, 0.6) is 5.75 Å². The van der Waals surface area contributed by atoms with Crippen LogP contribution in [0, 0.1) is 6.92 Å².